The molecule has 2 aromatic carbocycles. The van der Waals surface area contributed by atoms with Crippen molar-refractivity contribution in [1.82, 2.24) is 14.6 Å². The van der Waals surface area contributed by atoms with Gasteiger partial charge in [-0.05, 0) is 61.9 Å². The van der Waals surface area contributed by atoms with E-state index in [1.54, 1.807) is 23.8 Å². The fraction of sp³-hybridized carbons (Fsp3) is 0.485. The van der Waals surface area contributed by atoms with Gasteiger partial charge in [-0.1, -0.05) is 26.0 Å². The molecule has 253 valence electrons. The van der Waals surface area contributed by atoms with E-state index in [1.807, 2.05) is 50.4 Å². The Morgan fingerprint density at radius 2 is 1.96 bits per heavy atom. The van der Waals surface area contributed by atoms with Crippen LogP contribution in [-0.2, 0) is 37.3 Å². The highest BCUT2D eigenvalue weighted by Gasteiger charge is 2.44. The third-order valence-electron chi connectivity index (χ3n) is 8.12. The van der Waals surface area contributed by atoms with Gasteiger partial charge in [0.1, 0.15) is 18.5 Å². The Kier molecular flexibility index (Phi) is 10.5. The second-order valence-corrected chi connectivity index (χ2v) is 15.2. The van der Waals surface area contributed by atoms with Crippen molar-refractivity contribution in [2.45, 2.75) is 63.6 Å². The summed E-state index contributed by atoms with van der Waals surface area (Å²) in [5.41, 5.74) is 1.80. The third kappa shape index (κ3) is 8.36. The van der Waals surface area contributed by atoms with Crippen LogP contribution in [-0.4, -0.2) is 75.3 Å². The molecule has 4 atom stereocenters. The van der Waals surface area contributed by atoms with E-state index in [0.29, 0.717) is 36.9 Å². The number of hydrogen-bond donors (Lipinski definition) is 1. The summed E-state index contributed by atoms with van der Waals surface area (Å²) in [4.78, 5) is 17.7. The van der Waals surface area contributed by atoms with Crippen molar-refractivity contribution in [2.75, 3.05) is 33.1 Å². The quantitative estimate of drug-likeness (QED) is 0.254. The fourth-order valence-corrected chi connectivity index (χ4v) is 7.95. The van der Waals surface area contributed by atoms with Crippen LogP contribution in [0, 0.1) is 25.2 Å². The monoisotopic (exact) mass is 686 g/mol. The summed E-state index contributed by atoms with van der Waals surface area (Å²) in [5, 5.41) is 5.92. The highest BCUT2D eigenvalue weighted by atomic mass is 32.2. The number of carbonyl (C=O) groups excluding carboxylic acids is 1. The first-order valence-corrected chi connectivity index (χ1v) is 18.0. The second kappa shape index (κ2) is 14.8. The van der Waals surface area contributed by atoms with Gasteiger partial charge in [-0.15, -0.1) is 11.3 Å². The minimum atomic E-state index is -3.91. The summed E-state index contributed by atoms with van der Waals surface area (Å²) in [6, 6.07) is 11.7. The van der Waals surface area contributed by atoms with Crippen LogP contribution in [0.5, 0.6) is 17.2 Å². The van der Waals surface area contributed by atoms with Gasteiger partial charge in [-0.2, -0.15) is 4.31 Å². The summed E-state index contributed by atoms with van der Waals surface area (Å²) in [6.07, 6.45) is 1.61. The fourth-order valence-electron chi connectivity index (χ4n) is 5.78. The van der Waals surface area contributed by atoms with Crippen LogP contribution in [0.1, 0.15) is 36.5 Å². The molecule has 47 heavy (non-hydrogen) atoms. The molecule has 1 N–H and O–H groups in total. The first kappa shape index (κ1) is 33.5. The standard InChI is InChI=1S/C33H40N3O9S2/c1-21(2)16-36(47(38,39)27-8-9-29-30(15-27)44-20-43-29)12-10-24(35-33(37)45-31-18-42-32-28(31)11-13-40-32)14-23-4-6-26(7-5-23)41-17-25-19-46-22(3)34-25/h4-10,15,19,21,24,28,31-32H,11-14,16-18,20H2,1-3H3,(H,35,37)/t24-,28-,31-,32+/m0/s1. The Morgan fingerprint density at radius 3 is 2.72 bits per heavy atom. The van der Waals surface area contributed by atoms with Crippen LogP contribution in [0.15, 0.2) is 52.7 Å². The summed E-state index contributed by atoms with van der Waals surface area (Å²) in [5.74, 6) is 1.64. The highest BCUT2D eigenvalue weighted by Crippen LogP contribution is 2.35. The minimum Gasteiger partial charge on any atom is -0.487 e. The predicted octanol–water partition coefficient (Wildman–Crippen LogP) is 4.71. The molecule has 12 nitrogen and oxygen atoms in total. The van der Waals surface area contributed by atoms with Gasteiger partial charge in [-0.25, -0.2) is 18.2 Å². The number of benzene rings is 2. The van der Waals surface area contributed by atoms with E-state index in [0.717, 1.165) is 22.7 Å². The van der Waals surface area contributed by atoms with Gasteiger partial charge < -0.3 is 33.7 Å². The average Bonchev–Trinajstić information content (AvgIpc) is 3.85. The molecule has 0 unspecified atom stereocenters. The normalized spacial score (nSPS) is 20.8. The summed E-state index contributed by atoms with van der Waals surface area (Å²) >= 11 is 1.58. The van der Waals surface area contributed by atoms with E-state index in [1.165, 1.54) is 16.4 Å². The lowest BCUT2D eigenvalue weighted by Gasteiger charge is -2.27. The Bertz CT molecular complexity index is 1630. The molecule has 0 spiro atoms. The Hall–Kier alpha value is -3.43. The molecule has 1 aromatic heterocycles. The molecule has 2 saturated heterocycles. The third-order valence-corrected chi connectivity index (χ3v) is 10.8. The maximum atomic E-state index is 13.9. The van der Waals surface area contributed by atoms with Gasteiger partial charge in [0, 0.05) is 30.6 Å². The van der Waals surface area contributed by atoms with Crippen LogP contribution >= 0.6 is 11.3 Å². The Balaban J connectivity index is 1.15. The SMILES string of the molecule is Cc1nc(COc2ccc(C[C@H]([CH]CN(CC(C)C)S(=O)(=O)c3ccc4c(c3)OCO4)NC(=O)O[C@H]3CO[C@H]4OCC[C@H]43)cc2)cs1. The molecular formula is C33H40N3O9S2. The van der Waals surface area contributed by atoms with Crippen molar-refractivity contribution >= 4 is 27.5 Å². The molecule has 4 heterocycles. The number of amides is 1. The number of rotatable bonds is 14. The van der Waals surface area contributed by atoms with Crippen LogP contribution in [0.4, 0.5) is 4.79 Å². The maximum absolute atomic E-state index is 13.9. The molecule has 1 amide bonds. The van der Waals surface area contributed by atoms with Gasteiger partial charge in [0.25, 0.3) is 0 Å². The number of aromatic nitrogens is 1. The molecule has 3 aliphatic rings. The smallest absolute Gasteiger partial charge is 0.407 e. The van der Waals surface area contributed by atoms with Crippen LogP contribution in [0.2, 0.25) is 0 Å². The topological polar surface area (TPSA) is 135 Å². The molecule has 0 bridgehead atoms. The first-order valence-electron chi connectivity index (χ1n) is 15.7. The Morgan fingerprint density at radius 1 is 1.15 bits per heavy atom. The summed E-state index contributed by atoms with van der Waals surface area (Å²) in [6.45, 7) is 7.46. The van der Waals surface area contributed by atoms with Gasteiger partial charge in [-0.3, -0.25) is 0 Å². The van der Waals surface area contributed by atoms with Gasteiger partial charge in [0.15, 0.2) is 17.8 Å². The molecule has 0 saturated carbocycles. The number of alkyl carbamates (subject to hydrolysis) is 1. The zero-order valence-electron chi connectivity index (χ0n) is 26.6. The van der Waals surface area contributed by atoms with Gasteiger partial charge in [0.05, 0.1) is 34.7 Å². The van der Waals surface area contributed by atoms with Gasteiger partial charge in [0.2, 0.25) is 16.8 Å². The van der Waals surface area contributed by atoms with Crippen molar-refractivity contribution in [3.05, 3.63) is 70.5 Å². The lowest BCUT2D eigenvalue weighted by Crippen LogP contribution is -2.43. The minimum absolute atomic E-state index is 0.00250. The number of hydrogen-bond acceptors (Lipinski definition) is 11. The Labute approximate surface area is 279 Å². The van der Waals surface area contributed by atoms with Crippen molar-refractivity contribution in [3.8, 4) is 17.2 Å². The zero-order valence-corrected chi connectivity index (χ0v) is 28.3. The summed E-state index contributed by atoms with van der Waals surface area (Å²) < 4.78 is 62.8. The second-order valence-electron chi connectivity index (χ2n) is 12.2. The van der Waals surface area contributed by atoms with E-state index < -0.39 is 28.3 Å². The molecule has 3 aromatic rings. The molecular weight excluding hydrogens is 647 g/mol. The number of ether oxygens (including phenoxy) is 6. The van der Waals surface area contributed by atoms with E-state index in [4.69, 9.17) is 28.4 Å². The zero-order chi connectivity index (χ0) is 33.0. The molecule has 6 rings (SSSR count). The van der Waals surface area contributed by atoms with E-state index >= 15 is 0 Å². The number of sulfonamides is 1. The molecule has 2 fully saturated rings. The lowest BCUT2D eigenvalue weighted by molar-refractivity contribution is -0.0907. The van der Waals surface area contributed by atoms with E-state index in [2.05, 4.69) is 10.3 Å². The van der Waals surface area contributed by atoms with Crippen LogP contribution in [0.25, 0.3) is 0 Å². The first-order chi connectivity index (χ1) is 22.6. The largest absolute Gasteiger partial charge is 0.487 e. The molecule has 3 aliphatic heterocycles. The van der Waals surface area contributed by atoms with Gasteiger partial charge >= 0.3 is 6.09 Å². The summed E-state index contributed by atoms with van der Waals surface area (Å²) in [7, 11) is -3.91. The van der Waals surface area contributed by atoms with E-state index in [9.17, 15) is 13.2 Å². The molecule has 1 radical (unpaired) electrons. The van der Waals surface area contributed by atoms with Crippen molar-refractivity contribution < 1.29 is 41.6 Å². The lowest BCUT2D eigenvalue weighted by atomic mass is 10.0. The van der Waals surface area contributed by atoms with Crippen LogP contribution < -0.4 is 19.5 Å². The van der Waals surface area contributed by atoms with E-state index in [-0.39, 0.29) is 49.5 Å². The number of fused-ring (bicyclic) bond motifs is 2. The number of nitrogens with zero attached hydrogens (tertiary/aromatic N) is 2. The average molecular weight is 687 g/mol. The van der Waals surface area contributed by atoms with Crippen LogP contribution in [0.3, 0.4) is 0 Å². The predicted molar refractivity (Wildman–Crippen MR) is 173 cm³/mol. The number of carbonyl (C=O) groups is 1. The number of thiazole rings is 1. The molecule has 14 heteroatoms. The number of aryl methyl sites for hydroxylation is 1. The maximum Gasteiger partial charge on any atom is 0.407 e. The number of nitrogens with one attached hydrogen (secondary N) is 1. The van der Waals surface area contributed by atoms with Crippen molar-refractivity contribution in [1.29, 1.82) is 0 Å². The van der Waals surface area contributed by atoms with Crippen molar-refractivity contribution in [3.63, 3.8) is 0 Å². The van der Waals surface area contributed by atoms with Crippen molar-refractivity contribution in [2.24, 2.45) is 11.8 Å². The highest BCUT2D eigenvalue weighted by molar-refractivity contribution is 7.89. The molecule has 0 aliphatic carbocycles.